The van der Waals surface area contributed by atoms with E-state index in [2.05, 4.69) is 25.5 Å². The van der Waals surface area contributed by atoms with Gasteiger partial charge in [-0.1, -0.05) is 0 Å². The third kappa shape index (κ3) is 2.81. The second-order valence-electron chi connectivity index (χ2n) is 4.42. The van der Waals surface area contributed by atoms with Gasteiger partial charge in [0, 0.05) is 0 Å². The minimum atomic E-state index is -0.206. The number of H-pyrrole nitrogens is 1. The Bertz CT molecular complexity index is 735. The van der Waals surface area contributed by atoms with Crippen molar-refractivity contribution in [3.63, 3.8) is 0 Å². The van der Waals surface area contributed by atoms with Crippen LogP contribution < -0.4 is 5.32 Å². The number of aryl methyl sites for hydroxylation is 1. The van der Waals surface area contributed by atoms with Gasteiger partial charge in [-0.05, 0) is 31.2 Å². The number of furan rings is 1. The average molecular weight is 283 g/mol. The monoisotopic (exact) mass is 283 g/mol. The summed E-state index contributed by atoms with van der Waals surface area (Å²) in [5.74, 6) is 1.07. The normalized spacial score (nSPS) is 10.5. The first-order valence-electron chi connectivity index (χ1n) is 6.38. The van der Waals surface area contributed by atoms with E-state index in [4.69, 9.17) is 4.42 Å². The molecule has 7 nitrogen and oxygen atoms in total. The van der Waals surface area contributed by atoms with E-state index in [1.165, 1.54) is 6.33 Å². The zero-order valence-electron chi connectivity index (χ0n) is 11.3. The molecule has 0 saturated heterocycles. The van der Waals surface area contributed by atoms with E-state index in [1.54, 1.807) is 31.4 Å². The molecule has 0 fully saturated rings. The van der Waals surface area contributed by atoms with Gasteiger partial charge >= 0.3 is 0 Å². The number of nitrogens with zero attached hydrogens (tertiary/aromatic N) is 3. The Hall–Kier alpha value is -2.96. The second kappa shape index (κ2) is 5.58. The lowest BCUT2D eigenvalue weighted by molar-refractivity contribution is 0.0949. The van der Waals surface area contributed by atoms with E-state index in [1.807, 2.05) is 6.07 Å². The second-order valence-corrected chi connectivity index (χ2v) is 4.42. The predicted octanol–water partition coefficient (Wildman–Crippen LogP) is 1.70. The molecule has 21 heavy (non-hydrogen) atoms. The highest BCUT2D eigenvalue weighted by molar-refractivity contribution is 5.95. The van der Waals surface area contributed by atoms with Gasteiger partial charge in [0.15, 0.2) is 5.76 Å². The Morgan fingerprint density at radius 2 is 2.29 bits per heavy atom. The van der Waals surface area contributed by atoms with Gasteiger partial charge in [-0.15, -0.1) is 0 Å². The fourth-order valence-electron chi connectivity index (χ4n) is 1.94. The summed E-state index contributed by atoms with van der Waals surface area (Å²) in [6.07, 6.45) is 2.98. The van der Waals surface area contributed by atoms with E-state index in [-0.39, 0.29) is 12.5 Å². The Labute approximate surface area is 120 Å². The zero-order valence-corrected chi connectivity index (χ0v) is 11.3. The van der Waals surface area contributed by atoms with Crippen molar-refractivity contribution >= 4 is 5.91 Å². The number of aromatic amines is 1. The lowest BCUT2D eigenvalue weighted by atomic mass is 10.1. The van der Waals surface area contributed by atoms with Crippen LogP contribution in [-0.2, 0) is 6.54 Å². The van der Waals surface area contributed by atoms with Crippen LogP contribution in [0.4, 0.5) is 0 Å². The number of carbonyl (C=O) groups is 1. The van der Waals surface area contributed by atoms with Crippen molar-refractivity contribution in [2.75, 3.05) is 0 Å². The van der Waals surface area contributed by atoms with E-state index in [0.29, 0.717) is 28.5 Å². The predicted molar refractivity (Wildman–Crippen MR) is 74.2 cm³/mol. The van der Waals surface area contributed by atoms with Crippen LogP contribution in [0.15, 0.2) is 41.3 Å². The maximum Gasteiger partial charge on any atom is 0.253 e. The molecule has 3 rings (SSSR count). The molecule has 0 aliphatic carbocycles. The van der Waals surface area contributed by atoms with E-state index in [9.17, 15) is 4.79 Å². The smallest absolute Gasteiger partial charge is 0.253 e. The van der Waals surface area contributed by atoms with Crippen LogP contribution in [0, 0.1) is 6.92 Å². The minimum absolute atomic E-state index is 0.206. The molecule has 0 aromatic carbocycles. The molecule has 2 N–H and O–H groups in total. The first kappa shape index (κ1) is 13.0. The molecule has 3 aromatic heterocycles. The molecule has 0 aliphatic rings. The van der Waals surface area contributed by atoms with Gasteiger partial charge in [0.1, 0.15) is 17.8 Å². The van der Waals surface area contributed by atoms with E-state index < -0.39 is 0 Å². The number of hydrogen-bond donors (Lipinski definition) is 2. The van der Waals surface area contributed by atoms with E-state index >= 15 is 0 Å². The van der Waals surface area contributed by atoms with Gasteiger partial charge < -0.3 is 9.73 Å². The molecule has 7 heteroatoms. The van der Waals surface area contributed by atoms with Crippen LogP contribution in [0.25, 0.3) is 11.5 Å². The van der Waals surface area contributed by atoms with Crippen molar-refractivity contribution in [3.05, 3.63) is 53.9 Å². The first-order chi connectivity index (χ1) is 10.2. The Morgan fingerprint density at radius 3 is 2.95 bits per heavy atom. The molecule has 0 aliphatic heterocycles. The van der Waals surface area contributed by atoms with Crippen LogP contribution in [0.2, 0.25) is 0 Å². The fourth-order valence-corrected chi connectivity index (χ4v) is 1.94. The maximum absolute atomic E-state index is 12.1. The van der Waals surface area contributed by atoms with Gasteiger partial charge in [-0.25, -0.2) is 9.97 Å². The van der Waals surface area contributed by atoms with Crippen molar-refractivity contribution in [2.24, 2.45) is 0 Å². The number of pyridine rings is 1. The lowest BCUT2D eigenvalue weighted by Gasteiger charge is -2.07. The summed E-state index contributed by atoms with van der Waals surface area (Å²) in [6, 6.07) is 7.11. The SMILES string of the molecule is Cc1nc(-c2ccco2)ccc1C(=O)NCc1ncn[nH]1. The summed E-state index contributed by atoms with van der Waals surface area (Å²) in [4.78, 5) is 20.5. The summed E-state index contributed by atoms with van der Waals surface area (Å²) >= 11 is 0. The zero-order chi connectivity index (χ0) is 14.7. The highest BCUT2D eigenvalue weighted by atomic mass is 16.3. The number of aromatic nitrogens is 4. The molecule has 1 amide bonds. The molecule has 0 unspecified atom stereocenters. The van der Waals surface area contributed by atoms with Crippen LogP contribution in [0.3, 0.4) is 0 Å². The molecule has 0 bridgehead atoms. The first-order valence-corrected chi connectivity index (χ1v) is 6.38. The molecule has 3 heterocycles. The quantitative estimate of drug-likeness (QED) is 0.759. The summed E-state index contributed by atoms with van der Waals surface area (Å²) < 4.78 is 5.29. The number of amides is 1. The largest absolute Gasteiger partial charge is 0.463 e. The third-order valence-electron chi connectivity index (χ3n) is 2.99. The van der Waals surface area contributed by atoms with Crippen LogP contribution >= 0.6 is 0 Å². The van der Waals surface area contributed by atoms with Crippen LogP contribution in [0.5, 0.6) is 0 Å². The molecular weight excluding hydrogens is 270 g/mol. The van der Waals surface area contributed by atoms with Crippen molar-refractivity contribution in [2.45, 2.75) is 13.5 Å². The van der Waals surface area contributed by atoms with Gasteiger partial charge in [0.2, 0.25) is 0 Å². The van der Waals surface area contributed by atoms with Crippen molar-refractivity contribution in [1.82, 2.24) is 25.5 Å². The van der Waals surface area contributed by atoms with Crippen molar-refractivity contribution in [1.29, 1.82) is 0 Å². The number of hydrogen-bond acceptors (Lipinski definition) is 5. The van der Waals surface area contributed by atoms with Crippen LogP contribution in [0.1, 0.15) is 21.9 Å². The van der Waals surface area contributed by atoms with Crippen LogP contribution in [-0.4, -0.2) is 26.1 Å². The average Bonchev–Trinajstić information content (AvgIpc) is 3.18. The highest BCUT2D eigenvalue weighted by Crippen LogP contribution is 2.19. The van der Waals surface area contributed by atoms with Gasteiger partial charge in [0.25, 0.3) is 5.91 Å². The van der Waals surface area contributed by atoms with E-state index in [0.717, 1.165) is 0 Å². The summed E-state index contributed by atoms with van der Waals surface area (Å²) in [5, 5.41) is 9.16. The Morgan fingerprint density at radius 1 is 1.38 bits per heavy atom. The number of carbonyl (C=O) groups excluding carboxylic acids is 1. The molecule has 0 radical (unpaired) electrons. The standard InChI is InChI=1S/C14H13N5O2/c1-9-10(14(20)15-7-13-16-8-17-19-13)4-5-11(18-9)12-3-2-6-21-12/h2-6,8H,7H2,1H3,(H,15,20)(H,16,17,19). The Balaban J connectivity index is 1.74. The van der Waals surface area contributed by atoms with Crippen molar-refractivity contribution in [3.8, 4) is 11.5 Å². The fraction of sp³-hybridized carbons (Fsp3) is 0.143. The Kier molecular flexibility index (Phi) is 3.46. The molecule has 0 saturated carbocycles. The molecule has 0 spiro atoms. The minimum Gasteiger partial charge on any atom is -0.463 e. The third-order valence-corrected chi connectivity index (χ3v) is 2.99. The van der Waals surface area contributed by atoms with Gasteiger partial charge in [0.05, 0.1) is 24.1 Å². The molecule has 0 atom stereocenters. The molecule has 106 valence electrons. The highest BCUT2D eigenvalue weighted by Gasteiger charge is 2.12. The lowest BCUT2D eigenvalue weighted by Crippen LogP contribution is -2.24. The molecule has 3 aromatic rings. The number of nitrogens with one attached hydrogen (secondary N) is 2. The van der Waals surface area contributed by atoms with Gasteiger partial charge in [-0.2, -0.15) is 5.10 Å². The molecular formula is C14H13N5O2. The topological polar surface area (TPSA) is 96.7 Å². The summed E-state index contributed by atoms with van der Waals surface area (Å²) in [7, 11) is 0. The summed E-state index contributed by atoms with van der Waals surface area (Å²) in [5.41, 5.74) is 1.85. The number of rotatable bonds is 4. The summed E-state index contributed by atoms with van der Waals surface area (Å²) in [6.45, 7) is 2.08. The maximum atomic E-state index is 12.1. The van der Waals surface area contributed by atoms with Gasteiger partial charge in [-0.3, -0.25) is 9.89 Å². The van der Waals surface area contributed by atoms with Crippen molar-refractivity contribution < 1.29 is 9.21 Å².